The first-order valence-corrected chi connectivity index (χ1v) is 9.62. The van der Waals surface area contributed by atoms with Gasteiger partial charge >= 0.3 is 0 Å². The number of ether oxygens (including phenoxy) is 3. The summed E-state index contributed by atoms with van der Waals surface area (Å²) in [4.78, 5) is 7.16. The monoisotopic (exact) mass is 363 g/mol. The van der Waals surface area contributed by atoms with Gasteiger partial charge in [-0.1, -0.05) is 6.07 Å². The summed E-state index contributed by atoms with van der Waals surface area (Å²) in [5.74, 6) is 3.08. The molecule has 1 fully saturated rings. The van der Waals surface area contributed by atoms with Crippen LogP contribution in [-0.2, 0) is 11.3 Å². The molecule has 6 nitrogen and oxygen atoms in total. The molecule has 1 unspecified atom stereocenters. The summed E-state index contributed by atoms with van der Waals surface area (Å²) in [6.07, 6.45) is 1.15. The van der Waals surface area contributed by atoms with Crippen LogP contribution >= 0.6 is 0 Å². The van der Waals surface area contributed by atoms with E-state index in [2.05, 4.69) is 17.1 Å². The van der Waals surface area contributed by atoms with Crippen LogP contribution in [0.2, 0.25) is 0 Å². The Bertz CT molecular complexity index is 577. The maximum absolute atomic E-state index is 5.66. The highest BCUT2D eigenvalue weighted by atomic mass is 16.5. The van der Waals surface area contributed by atoms with Gasteiger partial charge in [0.2, 0.25) is 0 Å². The highest BCUT2D eigenvalue weighted by Gasteiger charge is 2.24. The van der Waals surface area contributed by atoms with Crippen LogP contribution < -0.4 is 14.8 Å². The van der Waals surface area contributed by atoms with E-state index in [1.807, 2.05) is 32.0 Å². The Morgan fingerprint density at radius 3 is 2.77 bits per heavy atom. The fourth-order valence-electron chi connectivity index (χ4n) is 3.13. The minimum absolute atomic E-state index is 0.587. The lowest BCUT2D eigenvalue weighted by atomic mass is 10.1. The molecule has 0 aliphatic carbocycles. The molecule has 1 saturated heterocycles. The first-order valence-electron chi connectivity index (χ1n) is 9.62. The van der Waals surface area contributed by atoms with E-state index in [1.165, 1.54) is 0 Å². The lowest BCUT2D eigenvalue weighted by molar-refractivity contribution is 0.114. The summed E-state index contributed by atoms with van der Waals surface area (Å²) in [6, 6.07) is 5.99. The van der Waals surface area contributed by atoms with Crippen LogP contribution in [0.4, 0.5) is 0 Å². The van der Waals surface area contributed by atoms with Crippen molar-refractivity contribution >= 4 is 5.96 Å². The molecular formula is C20H33N3O3. The number of benzene rings is 1. The van der Waals surface area contributed by atoms with Crippen molar-refractivity contribution in [1.29, 1.82) is 0 Å². The summed E-state index contributed by atoms with van der Waals surface area (Å²) < 4.78 is 16.6. The van der Waals surface area contributed by atoms with Gasteiger partial charge in [-0.05, 0) is 44.9 Å². The van der Waals surface area contributed by atoms with Crippen LogP contribution in [0.5, 0.6) is 11.5 Å². The lowest BCUT2D eigenvalue weighted by Gasteiger charge is -2.21. The van der Waals surface area contributed by atoms with E-state index < -0.39 is 0 Å². The molecular weight excluding hydrogens is 330 g/mol. The molecule has 2 rings (SSSR count). The standard InChI is InChI=1S/C20H33N3O3/c1-5-21-20(23-11-10-17(14-23)15-25-6-2)22-13-16-8-9-18(24-4)19(12-16)26-7-3/h8-9,12,17H,5-7,10-11,13-15H2,1-4H3,(H,21,22). The van der Waals surface area contributed by atoms with Gasteiger partial charge in [0.25, 0.3) is 0 Å². The zero-order chi connectivity index (χ0) is 18.8. The van der Waals surface area contributed by atoms with Crippen molar-refractivity contribution in [2.45, 2.75) is 33.7 Å². The van der Waals surface area contributed by atoms with Gasteiger partial charge < -0.3 is 24.4 Å². The maximum Gasteiger partial charge on any atom is 0.194 e. The number of methoxy groups -OCH3 is 1. The molecule has 0 aromatic heterocycles. The van der Waals surface area contributed by atoms with Crippen LogP contribution in [0.15, 0.2) is 23.2 Å². The third-order valence-corrected chi connectivity index (χ3v) is 4.42. The molecule has 1 aromatic carbocycles. The van der Waals surface area contributed by atoms with Gasteiger partial charge in [0, 0.05) is 32.2 Å². The zero-order valence-corrected chi connectivity index (χ0v) is 16.6. The number of aliphatic imine (C=N–C) groups is 1. The minimum atomic E-state index is 0.587. The molecule has 1 aliphatic rings. The van der Waals surface area contributed by atoms with E-state index in [-0.39, 0.29) is 0 Å². The molecule has 1 aliphatic heterocycles. The number of likely N-dealkylation sites (tertiary alicyclic amines) is 1. The third-order valence-electron chi connectivity index (χ3n) is 4.42. The fourth-order valence-corrected chi connectivity index (χ4v) is 3.13. The van der Waals surface area contributed by atoms with E-state index in [4.69, 9.17) is 19.2 Å². The number of rotatable bonds is 9. The van der Waals surface area contributed by atoms with Crippen LogP contribution in [0, 0.1) is 5.92 Å². The Morgan fingerprint density at radius 1 is 1.23 bits per heavy atom. The van der Waals surface area contributed by atoms with Crippen molar-refractivity contribution < 1.29 is 14.2 Å². The normalized spacial score (nSPS) is 17.5. The summed E-state index contributed by atoms with van der Waals surface area (Å²) in [7, 11) is 1.66. The Kier molecular flexibility index (Phi) is 8.54. The van der Waals surface area contributed by atoms with Crippen molar-refractivity contribution in [2.24, 2.45) is 10.9 Å². The van der Waals surface area contributed by atoms with Crippen molar-refractivity contribution in [3.63, 3.8) is 0 Å². The zero-order valence-electron chi connectivity index (χ0n) is 16.6. The Hall–Kier alpha value is -1.95. The SMILES string of the molecule is CCNC(=NCc1ccc(OC)c(OCC)c1)N1CCC(COCC)C1. The molecule has 0 radical (unpaired) electrons. The fraction of sp³-hybridized carbons (Fsp3) is 0.650. The van der Waals surface area contributed by atoms with Gasteiger partial charge in [-0.15, -0.1) is 0 Å². The molecule has 0 spiro atoms. The summed E-state index contributed by atoms with van der Waals surface area (Å²) in [5, 5.41) is 3.41. The van der Waals surface area contributed by atoms with Gasteiger partial charge in [-0.3, -0.25) is 0 Å². The van der Waals surface area contributed by atoms with E-state index in [9.17, 15) is 0 Å². The van der Waals surface area contributed by atoms with E-state index in [0.29, 0.717) is 19.1 Å². The van der Waals surface area contributed by atoms with Gasteiger partial charge in [0.05, 0.1) is 26.9 Å². The van der Waals surface area contributed by atoms with E-state index >= 15 is 0 Å². The molecule has 1 heterocycles. The van der Waals surface area contributed by atoms with Crippen LogP contribution in [0.25, 0.3) is 0 Å². The second kappa shape index (κ2) is 10.9. The van der Waals surface area contributed by atoms with Crippen LogP contribution in [0.3, 0.4) is 0 Å². The molecule has 1 atom stereocenters. The van der Waals surface area contributed by atoms with Crippen molar-refractivity contribution in [3.8, 4) is 11.5 Å². The molecule has 26 heavy (non-hydrogen) atoms. The van der Waals surface area contributed by atoms with E-state index in [0.717, 1.165) is 62.3 Å². The highest BCUT2D eigenvalue weighted by Crippen LogP contribution is 2.28. The van der Waals surface area contributed by atoms with Gasteiger partial charge in [0.1, 0.15) is 0 Å². The average molecular weight is 364 g/mol. The summed E-state index contributed by atoms with van der Waals surface area (Å²) in [5.41, 5.74) is 1.11. The smallest absolute Gasteiger partial charge is 0.194 e. The molecule has 1 aromatic rings. The van der Waals surface area contributed by atoms with Gasteiger partial charge in [-0.25, -0.2) is 4.99 Å². The molecule has 1 N–H and O–H groups in total. The van der Waals surface area contributed by atoms with Crippen LogP contribution in [-0.4, -0.2) is 57.4 Å². The Balaban J connectivity index is 2.04. The second-order valence-corrected chi connectivity index (χ2v) is 6.35. The molecule has 0 bridgehead atoms. The van der Waals surface area contributed by atoms with Crippen molar-refractivity contribution in [1.82, 2.24) is 10.2 Å². The number of hydrogen-bond donors (Lipinski definition) is 1. The summed E-state index contributed by atoms with van der Waals surface area (Å²) in [6.45, 7) is 11.8. The Labute approximate surface area is 157 Å². The van der Waals surface area contributed by atoms with Crippen molar-refractivity contribution in [2.75, 3.05) is 46.6 Å². The third kappa shape index (κ3) is 5.80. The summed E-state index contributed by atoms with van der Waals surface area (Å²) >= 11 is 0. The van der Waals surface area contributed by atoms with Crippen molar-refractivity contribution in [3.05, 3.63) is 23.8 Å². The maximum atomic E-state index is 5.66. The molecule has 0 amide bonds. The molecule has 6 heteroatoms. The minimum Gasteiger partial charge on any atom is -0.493 e. The molecule has 146 valence electrons. The topological polar surface area (TPSA) is 55.3 Å². The number of hydrogen-bond acceptors (Lipinski definition) is 4. The van der Waals surface area contributed by atoms with E-state index in [1.54, 1.807) is 7.11 Å². The number of nitrogens with one attached hydrogen (secondary N) is 1. The van der Waals surface area contributed by atoms with Crippen LogP contribution in [0.1, 0.15) is 32.8 Å². The Morgan fingerprint density at radius 2 is 2.08 bits per heavy atom. The van der Waals surface area contributed by atoms with Gasteiger partial charge in [-0.2, -0.15) is 0 Å². The predicted octanol–water partition coefficient (Wildman–Crippen LogP) is 2.92. The largest absolute Gasteiger partial charge is 0.493 e. The molecule has 0 saturated carbocycles. The highest BCUT2D eigenvalue weighted by molar-refractivity contribution is 5.80. The number of guanidine groups is 1. The second-order valence-electron chi connectivity index (χ2n) is 6.35. The number of nitrogens with zero attached hydrogens (tertiary/aromatic N) is 2. The first-order chi connectivity index (χ1) is 12.7. The quantitative estimate of drug-likeness (QED) is 0.540. The van der Waals surface area contributed by atoms with Gasteiger partial charge in [0.15, 0.2) is 17.5 Å². The predicted molar refractivity (Wildman–Crippen MR) is 105 cm³/mol. The lowest BCUT2D eigenvalue weighted by Crippen LogP contribution is -2.40. The average Bonchev–Trinajstić information content (AvgIpc) is 3.12. The first kappa shape index (κ1) is 20.4.